The molecule has 1 fully saturated rings. The molecule has 134 valence electrons. The number of hydrazine groups is 1. The number of benzene rings is 1. The number of rotatable bonds is 4. The number of fused-ring (bicyclic) bond motifs is 1. The van der Waals surface area contributed by atoms with Crippen molar-refractivity contribution in [1.82, 2.24) is 15.8 Å². The highest BCUT2D eigenvalue weighted by Crippen LogP contribution is 2.41. The van der Waals surface area contributed by atoms with Crippen molar-refractivity contribution in [2.45, 2.75) is 38.1 Å². The van der Waals surface area contributed by atoms with Gasteiger partial charge in [0.1, 0.15) is 6.10 Å². The van der Waals surface area contributed by atoms with E-state index in [1.807, 2.05) is 0 Å². The minimum absolute atomic E-state index is 0.195. The molecule has 0 spiro atoms. The van der Waals surface area contributed by atoms with Crippen molar-refractivity contribution in [1.29, 1.82) is 0 Å². The topological polar surface area (TPSA) is 108 Å². The molecule has 1 unspecified atom stereocenters. The van der Waals surface area contributed by atoms with Gasteiger partial charge >= 0.3 is 0 Å². The first-order valence-corrected chi connectivity index (χ1v) is 8.16. The van der Waals surface area contributed by atoms with Crippen LogP contribution in [0, 0.1) is 5.92 Å². The van der Waals surface area contributed by atoms with Gasteiger partial charge in [0.05, 0.1) is 0 Å². The lowest BCUT2D eigenvalue weighted by atomic mass is 9.78. The summed E-state index contributed by atoms with van der Waals surface area (Å²) in [5.41, 5.74) is 5.77. The molecule has 8 nitrogen and oxygen atoms in total. The van der Waals surface area contributed by atoms with E-state index in [1.54, 1.807) is 31.2 Å². The summed E-state index contributed by atoms with van der Waals surface area (Å²) in [6, 6.07) is 6.76. The van der Waals surface area contributed by atoms with Crippen LogP contribution in [0.3, 0.4) is 0 Å². The fourth-order valence-electron chi connectivity index (χ4n) is 3.15. The van der Waals surface area contributed by atoms with Crippen LogP contribution in [0.1, 0.15) is 41.9 Å². The highest BCUT2D eigenvalue weighted by Gasteiger charge is 2.46. The number of nitrogens with zero attached hydrogens (tertiary/aromatic N) is 1. The van der Waals surface area contributed by atoms with E-state index in [9.17, 15) is 19.5 Å². The average Bonchev–Trinajstić information content (AvgIpc) is 2.83. The second kappa shape index (κ2) is 6.81. The summed E-state index contributed by atoms with van der Waals surface area (Å²) in [5, 5.41) is 10.4. The molecule has 0 saturated heterocycles. The van der Waals surface area contributed by atoms with E-state index in [0.717, 1.165) is 0 Å². The summed E-state index contributed by atoms with van der Waals surface area (Å²) in [6.07, 6.45) is -0.748. The number of carbonyl (C=O) groups excluding carboxylic acids is 3. The van der Waals surface area contributed by atoms with Gasteiger partial charge in [-0.1, -0.05) is 18.2 Å². The van der Waals surface area contributed by atoms with Gasteiger partial charge < -0.3 is 14.7 Å². The van der Waals surface area contributed by atoms with E-state index in [4.69, 9.17) is 4.74 Å². The Hall–Kier alpha value is -2.45. The maximum Gasteiger partial charge on any atom is 0.267 e. The molecule has 3 amide bonds. The molecule has 1 saturated carbocycles. The fraction of sp³-hybridized carbons (Fsp3) is 0.471. The normalized spacial score (nSPS) is 25.8. The first-order valence-electron chi connectivity index (χ1n) is 8.16. The van der Waals surface area contributed by atoms with Crippen LogP contribution in [0.25, 0.3) is 0 Å². The first-order chi connectivity index (χ1) is 11.9. The Morgan fingerprint density at radius 3 is 2.60 bits per heavy atom. The molecule has 3 rings (SSSR count). The number of methoxy groups -OCH3 is 1. The SMILES string of the molecule is CO[C@H](C)C(=O)NNC(=O)C1CC(N2C(=O)c3ccccc3C2O)C1. The summed E-state index contributed by atoms with van der Waals surface area (Å²) in [4.78, 5) is 37.5. The molecular weight excluding hydrogens is 326 g/mol. The standard InChI is InChI=1S/C17H21N3O5/c1-9(25-2)14(21)18-19-15(22)10-7-11(8-10)20-16(23)12-5-3-4-6-13(12)17(20)24/h3-6,9-11,16,23H,7-8H2,1-2H3,(H,18,21)(H,19,22)/t9-,10?,11?,16?/m1/s1. The lowest BCUT2D eigenvalue weighted by Gasteiger charge is -2.41. The molecule has 25 heavy (non-hydrogen) atoms. The number of aliphatic hydroxyl groups is 1. The van der Waals surface area contributed by atoms with Crippen LogP contribution >= 0.6 is 0 Å². The van der Waals surface area contributed by atoms with Gasteiger partial charge in [-0.3, -0.25) is 25.2 Å². The van der Waals surface area contributed by atoms with E-state index < -0.39 is 18.2 Å². The minimum Gasteiger partial charge on any atom is -0.372 e. The lowest BCUT2D eigenvalue weighted by molar-refractivity contribution is -0.138. The zero-order valence-electron chi connectivity index (χ0n) is 14.1. The molecule has 0 aromatic heterocycles. The highest BCUT2D eigenvalue weighted by molar-refractivity contribution is 5.99. The van der Waals surface area contributed by atoms with Crippen molar-refractivity contribution in [3.63, 3.8) is 0 Å². The molecule has 2 aliphatic rings. The van der Waals surface area contributed by atoms with Crippen molar-refractivity contribution in [3.05, 3.63) is 35.4 Å². The van der Waals surface area contributed by atoms with Gasteiger partial charge in [0.15, 0.2) is 6.23 Å². The quantitative estimate of drug-likeness (QED) is 0.669. The largest absolute Gasteiger partial charge is 0.372 e. The zero-order chi connectivity index (χ0) is 18.1. The number of hydrogen-bond acceptors (Lipinski definition) is 5. The Bertz CT molecular complexity index is 701. The monoisotopic (exact) mass is 347 g/mol. The summed E-state index contributed by atoms with van der Waals surface area (Å²) in [7, 11) is 1.40. The van der Waals surface area contributed by atoms with Crippen LogP contribution in [0.2, 0.25) is 0 Å². The van der Waals surface area contributed by atoms with Gasteiger partial charge in [-0.15, -0.1) is 0 Å². The van der Waals surface area contributed by atoms with Crippen LogP contribution in [0.4, 0.5) is 0 Å². The maximum atomic E-state index is 12.4. The summed E-state index contributed by atoms with van der Waals surface area (Å²) < 4.78 is 4.85. The molecule has 0 bridgehead atoms. The highest BCUT2D eigenvalue weighted by atomic mass is 16.5. The molecule has 1 aromatic rings. The van der Waals surface area contributed by atoms with Crippen LogP contribution in [0.15, 0.2) is 24.3 Å². The molecule has 1 aliphatic heterocycles. The number of aliphatic hydroxyl groups excluding tert-OH is 1. The molecule has 1 heterocycles. The van der Waals surface area contributed by atoms with Crippen molar-refractivity contribution >= 4 is 17.7 Å². The Balaban J connectivity index is 1.52. The molecule has 1 aliphatic carbocycles. The maximum absolute atomic E-state index is 12.4. The predicted molar refractivity (Wildman–Crippen MR) is 86.8 cm³/mol. The Morgan fingerprint density at radius 2 is 1.96 bits per heavy atom. The first kappa shape index (κ1) is 17.4. The number of amides is 3. The molecule has 2 atom stereocenters. The van der Waals surface area contributed by atoms with E-state index in [1.165, 1.54) is 12.0 Å². The molecular formula is C17H21N3O5. The number of nitrogens with one attached hydrogen (secondary N) is 2. The molecule has 8 heteroatoms. The van der Waals surface area contributed by atoms with Gasteiger partial charge in [0.25, 0.3) is 11.8 Å². The van der Waals surface area contributed by atoms with Crippen LogP contribution < -0.4 is 10.9 Å². The Kier molecular flexibility index (Phi) is 4.73. The van der Waals surface area contributed by atoms with Crippen LogP contribution in [-0.2, 0) is 14.3 Å². The third-order valence-corrected chi connectivity index (χ3v) is 4.88. The van der Waals surface area contributed by atoms with Crippen LogP contribution in [-0.4, -0.2) is 47.0 Å². The van der Waals surface area contributed by atoms with Gasteiger partial charge in [0, 0.05) is 30.2 Å². The molecule has 3 N–H and O–H groups in total. The average molecular weight is 347 g/mol. The predicted octanol–water partition coefficient (Wildman–Crippen LogP) is 0.0942. The van der Waals surface area contributed by atoms with Gasteiger partial charge in [0.2, 0.25) is 5.91 Å². The van der Waals surface area contributed by atoms with E-state index in [0.29, 0.717) is 24.0 Å². The minimum atomic E-state index is -0.972. The smallest absolute Gasteiger partial charge is 0.267 e. The van der Waals surface area contributed by atoms with E-state index in [-0.39, 0.29) is 23.8 Å². The van der Waals surface area contributed by atoms with Gasteiger partial charge in [-0.2, -0.15) is 0 Å². The Labute approximate surface area is 145 Å². The fourth-order valence-corrected chi connectivity index (χ4v) is 3.15. The van der Waals surface area contributed by atoms with Gasteiger partial charge in [-0.25, -0.2) is 0 Å². The van der Waals surface area contributed by atoms with Gasteiger partial charge in [-0.05, 0) is 25.8 Å². The third kappa shape index (κ3) is 3.10. The van der Waals surface area contributed by atoms with Crippen molar-refractivity contribution in [2.24, 2.45) is 5.92 Å². The second-order valence-electron chi connectivity index (χ2n) is 6.35. The summed E-state index contributed by atoms with van der Waals surface area (Å²) >= 11 is 0. The van der Waals surface area contributed by atoms with Crippen molar-refractivity contribution in [3.8, 4) is 0 Å². The summed E-state index contributed by atoms with van der Waals surface area (Å²) in [5.74, 6) is -1.28. The number of ether oxygens (including phenoxy) is 1. The van der Waals surface area contributed by atoms with E-state index in [2.05, 4.69) is 10.9 Å². The van der Waals surface area contributed by atoms with Crippen molar-refractivity contribution in [2.75, 3.05) is 7.11 Å². The number of carbonyl (C=O) groups is 3. The Morgan fingerprint density at radius 1 is 1.28 bits per heavy atom. The lowest BCUT2D eigenvalue weighted by Crippen LogP contribution is -2.54. The zero-order valence-corrected chi connectivity index (χ0v) is 14.1. The summed E-state index contributed by atoms with van der Waals surface area (Å²) in [6.45, 7) is 1.57. The van der Waals surface area contributed by atoms with E-state index >= 15 is 0 Å². The molecule has 1 aromatic carbocycles. The number of hydrogen-bond donors (Lipinski definition) is 3. The second-order valence-corrected chi connectivity index (χ2v) is 6.35. The third-order valence-electron chi connectivity index (χ3n) is 4.88. The van der Waals surface area contributed by atoms with Crippen LogP contribution in [0.5, 0.6) is 0 Å². The van der Waals surface area contributed by atoms with Crippen molar-refractivity contribution < 1.29 is 24.2 Å². The molecule has 0 radical (unpaired) electrons.